The van der Waals surface area contributed by atoms with Crippen LogP contribution in [0, 0.1) is 5.82 Å². The third-order valence-corrected chi connectivity index (χ3v) is 4.77. The number of pyridine rings is 1. The summed E-state index contributed by atoms with van der Waals surface area (Å²) < 4.78 is 45.5. The van der Waals surface area contributed by atoms with Gasteiger partial charge in [-0.15, -0.1) is 0 Å². The van der Waals surface area contributed by atoms with E-state index in [9.17, 15) is 12.8 Å². The first kappa shape index (κ1) is 17.1. The van der Waals surface area contributed by atoms with Gasteiger partial charge in [0, 0.05) is 18.8 Å². The predicted molar refractivity (Wildman–Crippen MR) is 91.2 cm³/mol. The number of nitrogens with zero attached hydrogens (tertiary/aromatic N) is 1. The topological polar surface area (TPSA) is 68.3 Å². The van der Waals surface area contributed by atoms with Gasteiger partial charge >= 0.3 is 0 Å². The Bertz CT molecular complexity index is 946. The number of hydrogen-bond donors (Lipinski definition) is 1. The lowest BCUT2D eigenvalue weighted by molar-refractivity contribution is 0.462. The highest BCUT2D eigenvalue weighted by Crippen LogP contribution is 2.20. The molecule has 0 saturated heterocycles. The lowest BCUT2D eigenvalue weighted by Gasteiger charge is -2.09. The number of benzene rings is 2. The zero-order valence-corrected chi connectivity index (χ0v) is 13.9. The number of nitrogens with one attached hydrogen (secondary N) is 1. The van der Waals surface area contributed by atoms with Crippen molar-refractivity contribution in [2.24, 2.45) is 0 Å². The number of sulfonamides is 1. The molecule has 1 N–H and O–H groups in total. The fourth-order valence-corrected chi connectivity index (χ4v) is 3.14. The molecule has 0 aliphatic carbocycles. The van der Waals surface area contributed by atoms with Crippen molar-refractivity contribution in [1.29, 1.82) is 0 Å². The minimum atomic E-state index is -3.72. The van der Waals surface area contributed by atoms with Gasteiger partial charge in [0.15, 0.2) is 0 Å². The van der Waals surface area contributed by atoms with E-state index in [1.165, 1.54) is 12.1 Å². The van der Waals surface area contributed by atoms with Gasteiger partial charge in [-0.05, 0) is 48.0 Å². The summed E-state index contributed by atoms with van der Waals surface area (Å²) in [5.41, 5.74) is 0.721. The van der Waals surface area contributed by atoms with Crippen LogP contribution in [0.25, 0.3) is 0 Å². The van der Waals surface area contributed by atoms with Gasteiger partial charge in [0.1, 0.15) is 11.6 Å². The monoisotopic (exact) mass is 358 g/mol. The molecule has 5 nitrogen and oxygen atoms in total. The van der Waals surface area contributed by atoms with E-state index in [1.807, 2.05) is 6.07 Å². The van der Waals surface area contributed by atoms with Gasteiger partial charge in [0.25, 0.3) is 0 Å². The summed E-state index contributed by atoms with van der Waals surface area (Å²) in [5.74, 6) is 0.516. The summed E-state index contributed by atoms with van der Waals surface area (Å²) in [5, 5.41) is 0. The molecule has 3 aromatic rings. The minimum absolute atomic E-state index is 0.00906. The van der Waals surface area contributed by atoms with Gasteiger partial charge in [0.05, 0.1) is 4.90 Å². The highest BCUT2D eigenvalue weighted by atomic mass is 32.2. The van der Waals surface area contributed by atoms with Crippen molar-refractivity contribution in [3.63, 3.8) is 0 Å². The molecule has 1 heterocycles. The summed E-state index contributed by atoms with van der Waals surface area (Å²) >= 11 is 0. The third-order valence-electron chi connectivity index (χ3n) is 3.35. The molecule has 0 aliphatic heterocycles. The second-order valence-corrected chi connectivity index (χ2v) is 6.96. The number of aromatic nitrogens is 1. The number of rotatable bonds is 6. The molecule has 0 saturated carbocycles. The quantitative estimate of drug-likeness (QED) is 0.732. The average molecular weight is 358 g/mol. The van der Waals surface area contributed by atoms with E-state index in [-0.39, 0.29) is 11.4 Å². The zero-order valence-electron chi connectivity index (χ0n) is 13.1. The SMILES string of the molecule is O=S(=O)(NCc1cccc(Oc2ccccn2)c1)c1ccc(F)cc1. The van der Waals surface area contributed by atoms with Crippen LogP contribution in [-0.2, 0) is 16.6 Å². The first-order valence-electron chi connectivity index (χ1n) is 7.46. The van der Waals surface area contributed by atoms with E-state index in [4.69, 9.17) is 4.74 Å². The van der Waals surface area contributed by atoms with Crippen molar-refractivity contribution < 1.29 is 17.5 Å². The Balaban J connectivity index is 1.69. The van der Waals surface area contributed by atoms with Crippen LogP contribution in [0.3, 0.4) is 0 Å². The highest BCUT2D eigenvalue weighted by molar-refractivity contribution is 7.89. The Morgan fingerprint density at radius 3 is 2.52 bits per heavy atom. The van der Waals surface area contributed by atoms with Crippen molar-refractivity contribution in [2.45, 2.75) is 11.4 Å². The van der Waals surface area contributed by atoms with Crippen LogP contribution in [-0.4, -0.2) is 13.4 Å². The van der Waals surface area contributed by atoms with E-state index in [1.54, 1.807) is 42.6 Å². The molecule has 0 spiro atoms. The van der Waals surface area contributed by atoms with Gasteiger partial charge < -0.3 is 4.74 Å². The first-order valence-corrected chi connectivity index (χ1v) is 8.94. The molecule has 0 fully saturated rings. The maximum Gasteiger partial charge on any atom is 0.240 e. The highest BCUT2D eigenvalue weighted by Gasteiger charge is 2.13. The van der Waals surface area contributed by atoms with Crippen molar-refractivity contribution in [3.8, 4) is 11.6 Å². The standard InChI is InChI=1S/C18H15FN2O3S/c19-15-7-9-17(10-8-15)25(22,23)21-13-14-4-3-5-16(12-14)24-18-6-1-2-11-20-18/h1-12,21H,13H2. The lowest BCUT2D eigenvalue weighted by atomic mass is 10.2. The largest absolute Gasteiger partial charge is 0.439 e. The average Bonchev–Trinajstić information content (AvgIpc) is 2.62. The van der Waals surface area contributed by atoms with E-state index < -0.39 is 15.8 Å². The van der Waals surface area contributed by atoms with E-state index in [2.05, 4.69) is 9.71 Å². The molecule has 3 rings (SSSR count). The minimum Gasteiger partial charge on any atom is -0.439 e. The van der Waals surface area contributed by atoms with Crippen LogP contribution in [0.15, 0.2) is 77.8 Å². The van der Waals surface area contributed by atoms with Gasteiger partial charge in [-0.3, -0.25) is 0 Å². The Labute approximate surface area is 145 Å². The Hall–Kier alpha value is -2.77. The van der Waals surface area contributed by atoms with Crippen LogP contribution in [0.4, 0.5) is 4.39 Å². The molecule has 0 amide bonds. The molecule has 2 aromatic carbocycles. The van der Waals surface area contributed by atoms with Gasteiger partial charge in [-0.1, -0.05) is 18.2 Å². The fourth-order valence-electron chi connectivity index (χ4n) is 2.12. The van der Waals surface area contributed by atoms with E-state index in [0.717, 1.165) is 17.7 Å². The third kappa shape index (κ3) is 4.62. The predicted octanol–water partition coefficient (Wildman–Crippen LogP) is 3.49. The Morgan fingerprint density at radius 1 is 1.00 bits per heavy atom. The van der Waals surface area contributed by atoms with Crippen molar-refractivity contribution >= 4 is 10.0 Å². The van der Waals surface area contributed by atoms with Crippen molar-refractivity contribution in [2.75, 3.05) is 0 Å². The summed E-state index contributed by atoms with van der Waals surface area (Å²) in [6.07, 6.45) is 1.62. The van der Waals surface area contributed by atoms with Gasteiger partial charge in [-0.2, -0.15) is 0 Å². The Kier molecular flexibility index (Phi) is 5.06. The van der Waals surface area contributed by atoms with E-state index >= 15 is 0 Å². The molecule has 0 bridgehead atoms. The summed E-state index contributed by atoms with van der Waals surface area (Å²) in [6, 6.07) is 17.0. The van der Waals surface area contributed by atoms with Gasteiger partial charge in [0.2, 0.25) is 15.9 Å². The molecule has 0 aliphatic rings. The second kappa shape index (κ2) is 7.42. The number of halogens is 1. The molecule has 128 valence electrons. The molecule has 0 unspecified atom stereocenters. The maximum absolute atomic E-state index is 12.9. The molecule has 0 atom stereocenters. The molecular weight excluding hydrogens is 343 g/mol. The smallest absolute Gasteiger partial charge is 0.240 e. The summed E-state index contributed by atoms with van der Waals surface area (Å²) in [4.78, 5) is 4.08. The molecule has 25 heavy (non-hydrogen) atoms. The maximum atomic E-state index is 12.9. The van der Waals surface area contributed by atoms with Crippen molar-refractivity contribution in [3.05, 3.63) is 84.3 Å². The van der Waals surface area contributed by atoms with E-state index in [0.29, 0.717) is 11.6 Å². The summed E-state index contributed by atoms with van der Waals surface area (Å²) in [7, 11) is -3.72. The number of ether oxygens (including phenoxy) is 1. The van der Waals surface area contributed by atoms with Crippen LogP contribution in [0.1, 0.15) is 5.56 Å². The number of hydrogen-bond acceptors (Lipinski definition) is 4. The van der Waals surface area contributed by atoms with Crippen LogP contribution in [0.5, 0.6) is 11.6 Å². The Morgan fingerprint density at radius 2 is 1.80 bits per heavy atom. The first-order chi connectivity index (χ1) is 12.0. The zero-order chi connectivity index (χ0) is 17.7. The van der Waals surface area contributed by atoms with Crippen molar-refractivity contribution in [1.82, 2.24) is 9.71 Å². The molecule has 0 radical (unpaired) electrons. The van der Waals surface area contributed by atoms with Crippen LogP contribution < -0.4 is 9.46 Å². The van der Waals surface area contributed by atoms with Crippen LogP contribution in [0.2, 0.25) is 0 Å². The molecule has 1 aromatic heterocycles. The molecular formula is C18H15FN2O3S. The fraction of sp³-hybridized carbons (Fsp3) is 0.0556. The van der Waals surface area contributed by atoms with Gasteiger partial charge in [-0.25, -0.2) is 22.5 Å². The second-order valence-electron chi connectivity index (χ2n) is 5.20. The van der Waals surface area contributed by atoms with Crippen LogP contribution >= 0.6 is 0 Å². The summed E-state index contributed by atoms with van der Waals surface area (Å²) in [6.45, 7) is 0.0825. The lowest BCUT2D eigenvalue weighted by Crippen LogP contribution is -2.23. The normalized spacial score (nSPS) is 11.2. The molecule has 7 heteroatoms.